The van der Waals surface area contributed by atoms with Crippen molar-refractivity contribution in [2.75, 3.05) is 6.54 Å². The maximum absolute atomic E-state index is 12.1. The highest BCUT2D eigenvalue weighted by Gasteiger charge is 2.36. The van der Waals surface area contributed by atoms with Crippen LogP contribution in [0.1, 0.15) is 90.2 Å². The van der Waals surface area contributed by atoms with E-state index in [1.807, 2.05) is 29.2 Å². The molecule has 1 unspecified atom stereocenters. The fourth-order valence-corrected chi connectivity index (χ4v) is 4.80. The van der Waals surface area contributed by atoms with Gasteiger partial charge in [0.05, 0.1) is 23.4 Å². The lowest BCUT2D eigenvalue weighted by molar-refractivity contribution is -0.146. The summed E-state index contributed by atoms with van der Waals surface area (Å²) in [5.74, 6) is 0.312. The lowest BCUT2D eigenvalue weighted by Crippen LogP contribution is -2.46. The average molecular weight is 414 g/mol. The highest BCUT2D eigenvalue weighted by molar-refractivity contribution is 7.14. The molecule has 1 aliphatic rings. The molecular weight excluding hydrogens is 382 g/mol. The van der Waals surface area contributed by atoms with Crippen LogP contribution in [0.4, 0.5) is 0 Å². The van der Waals surface area contributed by atoms with E-state index in [1.165, 1.54) is 4.88 Å². The summed E-state index contributed by atoms with van der Waals surface area (Å²) in [5, 5.41) is 10.3. The minimum Gasteiger partial charge on any atom is -0.388 e. The SMILES string of the molecule is CCCCCC(O)c1ccc([C@H]2CC(=O)N2CCCc2ccc(C(C)=O)s2)cc1. The minimum atomic E-state index is -0.402. The summed E-state index contributed by atoms with van der Waals surface area (Å²) in [4.78, 5) is 27.5. The van der Waals surface area contributed by atoms with Gasteiger partial charge >= 0.3 is 0 Å². The molecule has 0 saturated carbocycles. The van der Waals surface area contributed by atoms with Gasteiger partial charge in [0.2, 0.25) is 5.91 Å². The van der Waals surface area contributed by atoms with Crippen LogP contribution in [0.3, 0.4) is 0 Å². The molecule has 1 aromatic carbocycles. The van der Waals surface area contributed by atoms with Crippen LogP contribution in [-0.4, -0.2) is 28.2 Å². The fourth-order valence-electron chi connectivity index (χ4n) is 3.85. The van der Waals surface area contributed by atoms with Crippen LogP contribution >= 0.6 is 11.3 Å². The summed E-state index contributed by atoms with van der Waals surface area (Å²) < 4.78 is 0. The van der Waals surface area contributed by atoms with Crippen molar-refractivity contribution in [1.82, 2.24) is 4.90 Å². The molecule has 1 fully saturated rings. The quantitative estimate of drug-likeness (QED) is 0.302. The largest absolute Gasteiger partial charge is 0.388 e. The van der Waals surface area contributed by atoms with E-state index in [-0.39, 0.29) is 17.7 Å². The van der Waals surface area contributed by atoms with Gasteiger partial charge in [-0.25, -0.2) is 0 Å². The molecule has 3 rings (SSSR count). The van der Waals surface area contributed by atoms with Crippen LogP contribution in [0.5, 0.6) is 0 Å². The number of rotatable bonds is 11. The van der Waals surface area contributed by atoms with E-state index in [9.17, 15) is 14.7 Å². The number of hydrogen-bond acceptors (Lipinski definition) is 4. The van der Waals surface area contributed by atoms with Gasteiger partial charge in [0.25, 0.3) is 0 Å². The third-order valence-electron chi connectivity index (χ3n) is 5.68. The number of amides is 1. The van der Waals surface area contributed by atoms with Gasteiger partial charge in [-0.1, -0.05) is 50.5 Å². The first-order valence-corrected chi connectivity index (χ1v) is 11.5. The lowest BCUT2D eigenvalue weighted by atomic mass is 9.92. The Morgan fingerprint density at radius 3 is 2.55 bits per heavy atom. The Kier molecular flexibility index (Phi) is 7.62. The summed E-state index contributed by atoms with van der Waals surface area (Å²) in [7, 11) is 0. The Morgan fingerprint density at radius 2 is 1.93 bits per heavy atom. The van der Waals surface area contributed by atoms with Gasteiger partial charge in [-0.3, -0.25) is 9.59 Å². The number of Topliss-reactive ketones (excluding diaryl/α,β-unsaturated/α-hetero) is 1. The number of nitrogens with zero attached hydrogens (tertiary/aromatic N) is 1. The van der Waals surface area contributed by atoms with Crippen molar-refractivity contribution in [1.29, 1.82) is 0 Å². The van der Waals surface area contributed by atoms with Gasteiger partial charge < -0.3 is 10.0 Å². The second-order valence-electron chi connectivity index (χ2n) is 7.91. The van der Waals surface area contributed by atoms with E-state index in [1.54, 1.807) is 18.3 Å². The van der Waals surface area contributed by atoms with Crippen molar-refractivity contribution >= 4 is 23.0 Å². The molecule has 1 amide bonds. The summed E-state index contributed by atoms with van der Waals surface area (Å²) in [6, 6.07) is 12.2. The Morgan fingerprint density at radius 1 is 1.17 bits per heavy atom. The fraction of sp³-hybridized carbons (Fsp3) is 0.500. The minimum absolute atomic E-state index is 0.109. The number of β-lactam (4-membered cyclic amide) rings is 1. The van der Waals surface area contributed by atoms with Gasteiger partial charge in [0.1, 0.15) is 0 Å². The highest BCUT2D eigenvalue weighted by atomic mass is 32.1. The van der Waals surface area contributed by atoms with E-state index in [0.717, 1.165) is 61.1 Å². The van der Waals surface area contributed by atoms with Crippen molar-refractivity contribution in [3.05, 3.63) is 57.3 Å². The molecule has 1 aliphatic heterocycles. The summed E-state index contributed by atoms with van der Waals surface area (Å²) >= 11 is 1.55. The Labute approximate surface area is 177 Å². The number of ketones is 1. The number of aryl methyl sites for hydroxylation is 1. The number of carbonyl (C=O) groups is 2. The molecule has 0 spiro atoms. The number of aliphatic hydroxyl groups excluding tert-OH is 1. The smallest absolute Gasteiger partial charge is 0.225 e. The first-order chi connectivity index (χ1) is 14.0. The average Bonchev–Trinajstić information content (AvgIpc) is 3.19. The number of thiophene rings is 1. The van der Waals surface area contributed by atoms with Gasteiger partial charge in [-0.05, 0) is 49.4 Å². The monoisotopic (exact) mass is 413 g/mol. The van der Waals surface area contributed by atoms with Crippen LogP contribution in [0, 0.1) is 0 Å². The molecule has 2 heterocycles. The topological polar surface area (TPSA) is 57.6 Å². The van der Waals surface area contributed by atoms with Gasteiger partial charge in [0, 0.05) is 11.4 Å². The van der Waals surface area contributed by atoms with Crippen LogP contribution in [0.15, 0.2) is 36.4 Å². The highest BCUT2D eigenvalue weighted by Crippen LogP contribution is 2.35. The predicted molar refractivity (Wildman–Crippen MR) is 117 cm³/mol. The van der Waals surface area contributed by atoms with Gasteiger partial charge in [0.15, 0.2) is 5.78 Å². The molecule has 1 saturated heterocycles. The molecule has 2 aromatic rings. The number of carbonyl (C=O) groups excluding carboxylic acids is 2. The van der Waals surface area contributed by atoms with E-state index in [0.29, 0.717) is 6.42 Å². The van der Waals surface area contributed by atoms with Crippen molar-refractivity contribution in [2.24, 2.45) is 0 Å². The molecule has 156 valence electrons. The predicted octanol–water partition coefficient (Wildman–Crippen LogP) is 5.47. The Bertz CT molecular complexity index is 827. The molecule has 0 aliphatic carbocycles. The zero-order valence-electron chi connectivity index (χ0n) is 17.4. The number of hydrogen-bond donors (Lipinski definition) is 1. The van der Waals surface area contributed by atoms with E-state index < -0.39 is 6.10 Å². The first kappa shape index (κ1) is 21.7. The zero-order chi connectivity index (χ0) is 20.8. The maximum atomic E-state index is 12.1. The van der Waals surface area contributed by atoms with Crippen molar-refractivity contribution in [3.63, 3.8) is 0 Å². The molecule has 1 N–H and O–H groups in total. The van der Waals surface area contributed by atoms with Crippen LogP contribution < -0.4 is 0 Å². The van der Waals surface area contributed by atoms with Crippen LogP contribution in [-0.2, 0) is 11.2 Å². The molecular formula is C24H31NO3S. The van der Waals surface area contributed by atoms with Crippen LogP contribution in [0.2, 0.25) is 0 Å². The molecule has 1 aromatic heterocycles. The van der Waals surface area contributed by atoms with Gasteiger partial charge in [-0.15, -0.1) is 11.3 Å². The number of likely N-dealkylation sites (tertiary alicyclic amines) is 1. The second-order valence-corrected chi connectivity index (χ2v) is 9.08. The third kappa shape index (κ3) is 5.55. The first-order valence-electron chi connectivity index (χ1n) is 10.7. The molecule has 29 heavy (non-hydrogen) atoms. The normalized spacial score (nSPS) is 17.3. The van der Waals surface area contributed by atoms with E-state index in [4.69, 9.17) is 0 Å². The lowest BCUT2D eigenvalue weighted by Gasteiger charge is -2.41. The Hall–Kier alpha value is -1.98. The van der Waals surface area contributed by atoms with Crippen LogP contribution in [0.25, 0.3) is 0 Å². The summed E-state index contributed by atoms with van der Waals surface area (Å²) in [5.41, 5.74) is 2.10. The van der Waals surface area contributed by atoms with E-state index in [2.05, 4.69) is 19.1 Å². The standard InChI is InChI=1S/C24H31NO3S/c1-3-4-5-8-22(27)19-11-9-18(10-12-19)21-16-24(28)25(21)15-6-7-20-13-14-23(29-20)17(2)26/h9-14,21-22,27H,3-8,15-16H2,1-2H3/t21-,22?/m1/s1. The molecule has 2 atom stereocenters. The van der Waals surface area contributed by atoms with E-state index >= 15 is 0 Å². The summed E-state index contributed by atoms with van der Waals surface area (Å²) in [6.45, 7) is 4.49. The Balaban J connectivity index is 1.51. The molecule has 4 nitrogen and oxygen atoms in total. The number of aliphatic hydroxyl groups is 1. The molecule has 0 bridgehead atoms. The number of unbranched alkanes of at least 4 members (excludes halogenated alkanes) is 2. The van der Waals surface area contributed by atoms with Crippen molar-refractivity contribution in [3.8, 4) is 0 Å². The maximum Gasteiger partial charge on any atom is 0.225 e. The van der Waals surface area contributed by atoms with Crippen molar-refractivity contribution in [2.45, 2.75) is 70.9 Å². The zero-order valence-corrected chi connectivity index (χ0v) is 18.2. The molecule has 0 radical (unpaired) electrons. The second kappa shape index (κ2) is 10.2. The number of benzene rings is 1. The summed E-state index contributed by atoms with van der Waals surface area (Å²) in [6.07, 6.45) is 6.09. The third-order valence-corrected chi connectivity index (χ3v) is 6.93. The molecule has 5 heteroatoms. The van der Waals surface area contributed by atoms with Crippen molar-refractivity contribution < 1.29 is 14.7 Å². The van der Waals surface area contributed by atoms with Gasteiger partial charge in [-0.2, -0.15) is 0 Å².